The van der Waals surface area contributed by atoms with Crippen LogP contribution in [0.5, 0.6) is 0 Å². The van der Waals surface area contributed by atoms with Gasteiger partial charge in [0, 0.05) is 13.1 Å². The Morgan fingerprint density at radius 2 is 1.87 bits per heavy atom. The Bertz CT molecular complexity index is 188. The average molecular weight is 232 g/mol. The van der Waals surface area contributed by atoms with Gasteiger partial charge in [0.2, 0.25) is 0 Å². The maximum absolute atomic E-state index is 6.23. The van der Waals surface area contributed by atoms with Gasteiger partial charge in [-0.3, -0.25) is 4.90 Å². The summed E-state index contributed by atoms with van der Waals surface area (Å²) in [6.45, 7) is 13.0. The lowest BCUT2D eigenvalue weighted by Crippen LogP contribution is -2.50. The van der Waals surface area contributed by atoms with E-state index in [1.165, 1.54) is 0 Å². The highest BCUT2D eigenvalue weighted by molar-refractivity contribution is 7.58. The van der Waals surface area contributed by atoms with E-state index in [9.17, 15) is 0 Å². The van der Waals surface area contributed by atoms with Gasteiger partial charge in [-0.15, -0.1) is 7.92 Å². The molecule has 1 rings (SSSR count). The summed E-state index contributed by atoms with van der Waals surface area (Å²) in [4.78, 5) is 2.36. The quantitative estimate of drug-likeness (QED) is 0.750. The number of nitrogens with zero attached hydrogens (tertiary/aromatic N) is 1. The smallest absolute Gasteiger partial charge is 0.0613 e. The molecule has 0 aromatic carbocycles. The summed E-state index contributed by atoms with van der Waals surface area (Å²) in [5.41, 5.74) is 6.23. The third-order valence-corrected chi connectivity index (χ3v) is 6.33. The van der Waals surface area contributed by atoms with Gasteiger partial charge in [-0.1, -0.05) is 20.8 Å². The van der Waals surface area contributed by atoms with Crippen molar-refractivity contribution in [1.82, 2.24) is 4.90 Å². The summed E-state index contributed by atoms with van der Waals surface area (Å²) in [5, 5.41) is 0.416. The Morgan fingerprint density at radius 3 is 2.33 bits per heavy atom. The van der Waals surface area contributed by atoms with Gasteiger partial charge < -0.3 is 10.5 Å². The van der Waals surface area contributed by atoms with E-state index in [4.69, 9.17) is 10.5 Å². The highest BCUT2D eigenvalue weighted by Crippen LogP contribution is 2.46. The molecule has 15 heavy (non-hydrogen) atoms. The van der Waals surface area contributed by atoms with Crippen molar-refractivity contribution in [1.29, 1.82) is 0 Å². The van der Waals surface area contributed by atoms with Crippen molar-refractivity contribution in [3.8, 4) is 0 Å². The van der Waals surface area contributed by atoms with Gasteiger partial charge in [-0.25, -0.2) is 0 Å². The normalized spacial score (nSPS) is 23.8. The molecular weight excluding hydrogens is 207 g/mol. The lowest BCUT2D eigenvalue weighted by atomic mass is 10.3. The zero-order valence-corrected chi connectivity index (χ0v) is 11.4. The minimum atomic E-state index is 0.00670. The van der Waals surface area contributed by atoms with Crippen molar-refractivity contribution in [2.45, 2.75) is 32.1 Å². The van der Waals surface area contributed by atoms with E-state index >= 15 is 0 Å². The van der Waals surface area contributed by atoms with E-state index in [0.29, 0.717) is 5.16 Å². The summed E-state index contributed by atoms with van der Waals surface area (Å²) < 4.78 is 5.33. The molecule has 4 heteroatoms. The average Bonchev–Trinajstić information content (AvgIpc) is 2.17. The van der Waals surface area contributed by atoms with Crippen LogP contribution in [-0.4, -0.2) is 55.4 Å². The molecule has 0 aromatic heterocycles. The SMILES string of the molecule is CP(CC(N)N1CCOCC1)C(C)(C)C. The first-order valence-electron chi connectivity index (χ1n) is 5.70. The van der Waals surface area contributed by atoms with Crippen LogP contribution in [0, 0.1) is 0 Å². The van der Waals surface area contributed by atoms with Gasteiger partial charge in [0.25, 0.3) is 0 Å². The van der Waals surface area contributed by atoms with Crippen molar-refractivity contribution in [3.63, 3.8) is 0 Å². The number of morpholine rings is 1. The number of rotatable bonds is 3. The van der Waals surface area contributed by atoms with Gasteiger partial charge in [-0.2, -0.15) is 0 Å². The van der Waals surface area contributed by atoms with E-state index in [-0.39, 0.29) is 14.1 Å². The van der Waals surface area contributed by atoms with Crippen LogP contribution in [0.25, 0.3) is 0 Å². The lowest BCUT2D eigenvalue weighted by Gasteiger charge is -2.36. The molecule has 0 saturated carbocycles. The molecule has 0 bridgehead atoms. The van der Waals surface area contributed by atoms with Gasteiger partial charge in [0.1, 0.15) is 0 Å². The third-order valence-electron chi connectivity index (χ3n) is 3.12. The largest absolute Gasteiger partial charge is 0.379 e. The standard InChI is InChI=1S/C11H25N2OP/c1-11(2,3)15(4)9-10(12)13-5-7-14-8-6-13/h10H,5-9,12H2,1-4H3. The molecule has 3 nitrogen and oxygen atoms in total. The van der Waals surface area contributed by atoms with E-state index in [1.807, 2.05) is 0 Å². The predicted octanol–water partition coefficient (Wildman–Crippen LogP) is 1.51. The molecule has 0 aliphatic carbocycles. The molecule has 1 fully saturated rings. The zero-order valence-electron chi connectivity index (χ0n) is 10.5. The highest BCUT2D eigenvalue weighted by Gasteiger charge is 2.25. The van der Waals surface area contributed by atoms with E-state index < -0.39 is 0 Å². The molecular formula is C11H25N2OP. The van der Waals surface area contributed by atoms with Crippen LogP contribution in [0.15, 0.2) is 0 Å². The molecule has 2 unspecified atom stereocenters. The van der Waals surface area contributed by atoms with Crippen LogP contribution in [0.4, 0.5) is 0 Å². The van der Waals surface area contributed by atoms with Gasteiger partial charge in [0.05, 0.1) is 19.4 Å². The van der Waals surface area contributed by atoms with Crippen LogP contribution >= 0.6 is 7.92 Å². The van der Waals surface area contributed by atoms with Gasteiger partial charge in [-0.05, 0) is 18.0 Å². The van der Waals surface area contributed by atoms with E-state index in [2.05, 4.69) is 32.3 Å². The van der Waals surface area contributed by atoms with Crippen molar-refractivity contribution < 1.29 is 4.74 Å². The molecule has 2 N–H and O–H groups in total. The molecule has 1 aliphatic heterocycles. The fourth-order valence-corrected chi connectivity index (χ4v) is 2.92. The van der Waals surface area contributed by atoms with Crippen LogP contribution in [0.2, 0.25) is 0 Å². The van der Waals surface area contributed by atoms with Gasteiger partial charge >= 0.3 is 0 Å². The zero-order chi connectivity index (χ0) is 11.5. The fraction of sp³-hybridized carbons (Fsp3) is 1.00. The second kappa shape index (κ2) is 5.58. The minimum absolute atomic E-state index is 0.00670. The molecule has 1 saturated heterocycles. The highest BCUT2D eigenvalue weighted by atomic mass is 31.1. The predicted molar refractivity (Wildman–Crippen MR) is 67.8 cm³/mol. The Hall–Kier alpha value is 0.310. The Balaban J connectivity index is 2.36. The molecule has 0 spiro atoms. The van der Waals surface area contributed by atoms with Crippen molar-refractivity contribution in [2.75, 3.05) is 39.1 Å². The Labute approximate surface area is 95.1 Å². The molecule has 1 aliphatic rings. The molecule has 0 aromatic rings. The van der Waals surface area contributed by atoms with Crippen LogP contribution in [0.3, 0.4) is 0 Å². The van der Waals surface area contributed by atoms with E-state index in [0.717, 1.165) is 32.5 Å². The second-order valence-corrected chi connectivity index (χ2v) is 8.37. The third kappa shape index (κ3) is 4.36. The summed E-state index contributed by atoms with van der Waals surface area (Å²) in [5.74, 6) is 0. The summed E-state index contributed by atoms with van der Waals surface area (Å²) >= 11 is 0. The molecule has 2 atom stereocenters. The first kappa shape index (κ1) is 13.4. The van der Waals surface area contributed by atoms with Crippen molar-refractivity contribution in [2.24, 2.45) is 5.73 Å². The molecule has 90 valence electrons. The maximum Gasteiger partial charge on any atom is 0.0613 e. The van der Waals surface area contributed by atoms with Crippen molar-refractivity contribution >= 4 is 7.92 Å². The monoisotopic (exact) mass is 232 g/mol. The first-order valence-corrected chi connectivity index (χ1v) is 7.67. The van der Waals surface area contributed by atoms with Crippen LogP contribution in [0.1, 0.15) is 20.8 Å². The molecule has 0 amide bonds. The van der Waals surface area contributed by atoms with Gasteiger partial charge in [0.15, 0.2) is 0 Å². The number of hydrogen-bond donors (Lipinski definition) is 1. The first-order chi connectivity index (χ1) is 6.91. The topological polar surface area (TPSA) is 38.5 Å². The van der Waals surface area contributed by atoms with Crippen LogP contribution < -0.4 is 5.73 Å². The summed E-state index contributed by atoms with van der Waals surface area (Å²) in [6, 6.07) is 0. The Morgan fingerprint density at radius 1 is 1.33 bits per heavy atom. The second-order valence-electron chi connectivity index (χ2n) is 5.27. The fourth-order valence-electron chi connectivity index (χ4n) is 1.58. The minimum Gasteiger partial charge on any atom is -0.379 e. The number of ether oxygens (including phenoxy) is 1. The molecule has 1 heterocycles. The van der Waals surface area contributed by atoms with Crippen molar-refractivity contribution in [3.05, 3.63) is 0 Å². The summed E-state index contributed by atoms with van der Waals surface area (Å²) in [6.07, 6.45) is 1.36. The molecule has 0 radical (unpaired) electrons. The van der Waals surface area contributed by atoms with Crippen LogP contribution in [-0.2, 0) is 4.74 Å². The number of hydrogen-bond acceptors (Lipinski definition) is 3. The number of nitrogens with two attached hydrogens (primary N) is 1. The lowest BCUT2D eigenvalue weighted by molar-refractivity contribution is 0.0222. The maximum atomic E-state index is 6.23. The Kier molecular flexibility index (Phi) is 4.98. The summed E-state index contributed by atoms with van der Waals surface area (Å²) in [7, 11) is 0.00670. The van der Waals surface area contributed by atoms with E-state index in [1.54, 1.807) is 0 Å².